The summed E-state index contributed by atoms with van der Waals surface area (Å²) in [4.78, 5) is 14.4. The lowest BCUT2D eigenvalue weighted by Gasteiger charge is -2.24. The lowest BCUT2D eigenvalue weighted by atomic mass is 10.2. The van der Waals surface area contributed by atoms with Crippen LogP contribution in [0.1, 0.15) is 18.9 Å². The molecular formula is C20H25NO4. The van der Waals surface area contributed by atoms with Crippen molar-refractivity contribution in [3.8, 4) is 17.2 Å². The molecule has 134 valence electrons. The zero-order valence-electron chi connectivity index (χ0n) is 15.2. The average Bonchev–Trinajstić information content (AvgIpc) is 2.66. The Hall–Kier alpha value is -2.69. The van der Waals surface area contributed by atoms with E-state index in [1.54, 1.807) is 32.2 Å². The molecule has 0 N–H and O–H groups in total. The summed E-state index contributed by atoms with van der Waals surface area (Å²) < 4.78 is 16.3. The third-order valence-electron chi connectivity index (χ3n) is 3.94. The van der Waals surface area contributed by atoms with Crippen molar-refractivity contribution in [3.05, 3.63) is 54.1 Å². The standard InChI is InChI=1S/C20H25NO4/c1-5-17(25-19-9-7-6-8-18(19)24-4)20(22)21(2)14-15-10-12-16(23-3)13-11-15/h6-13,17H,5,14H2,1-4H3/t17-/m1/s1. The monoisotopic (exact) mass is 343 g/mol. The molecule has 0 aliphatic heterocycles. The molecule has 0 bridgehead atoms. The molecule has 1 atom stereocenters. The highest BCUT2D eigenvalue weighted by Gasteiger charge is 2.23. The van der Waals surface area contributed by atoms with Crippen LogP contribution in [0, 0.1) is 0 Å². The molecule has 0 fully saturated rings. The molecule has 0 unspecified atom stereocenters. The number of amides is 1. The molecule has 0 aliphatic rings. The number of hydrogen-bond donors (Lipinski definition) is 0. The molecule has 1 amide bonds. The quantitative estimate of drug-likeness (QED) is 0.736. The molecule has 2 aromatic rings. The van der Waals surface area contributed by atoms with E-state index in [1.807, 2.05) is 49.4 Å². The van der Waals surface area contributed by atoms with E-state index in [9.17, 15) is 4.79 Å². The van der Waals surface area contributed by atoms with Crippen LogP contribution in [0.15, 0.2) is 48.5 Å². The van der Waals surface area contributed by atoms with Crippen LogP contribution in [0.5, 0.6) is 17.2 Å². The molecule has 0 radical (unpaired) electrons. The van der Waals surface area contributed by atoms with Crippen LogP contribution in [0.2, 0.25) is 0 Å². The summed E-state index contributed by atoms with van der Waals surface area (Å²) >= 11 is 0. The SMILES string of the molecule is CC[C@@H](Oc1ccccc1OC)C(=O)N(C)Cc1ccc(OC)cc1. The number of likely N-dealkylation sites (N-methyl/N-ethyl adjacent to an activating group) is 1. The summed E-state index contributed by atoms with van der Waals surface area (Å²) in [7, 11) is 4.99. The minimum absolute atomic E-state index is 0.0655. The summed E-state index contributed by atoms with van der Waals surface area (Å²) in [6, 6.07) is 15.0. The zero-order valence-corrected chi connectivity index (χ0v) is 15.2. The molecule has 0 aliphatic carbocycles. The topological polar surface area (TPSA) is 48.0 Å². The highest BCUT2D eigenvalue weighted by Crippen LogP contribution is 2.27. The van der Waals surface area contributed by atoms with Gasteiger partial charge in [0.25, 0.3) is 5.91 Å². The Bertz CT molecular complexity index is 684. The number of carbonyl (C=O) groups excluding carboxylic acids is 1. The number of para-hydroxylation sites is 2. The molecule has 0 heterocycles. The van der Waals surface area contributed by atoms with E-state index in [-0.39, 0.29) is 5.91 Å². The van der Waals surface area contributed by atoms with Gasteiger partial charge in [-0.1, -0.05) is 31.2 Å². The van der Waals surface area contributed by atoms with Crippen LogP contribution in [0.3, 0.4) is 0 Å². The molecule has 0 saturated carbocycles. The average molecular weight is 343 g/mol. The van der Waals surface area contributed by atoms with Crippen LogP contribution in [0.25, 0.3) is 0 Å². The second kappa shape index (κ2) is 8.97. The van der Waals surface area contributed by atoms with E-state index >= 15 is 0 Å². The molecular weight excluding hydrogens is 318 g/mol. The van der Waals surface area contributed by atoms with Crippen molar-refractivity contribution in [3.63, 3.8) is 0 Å². The van der Waals surface area contributed by atoms with E-state index in [2.05, 4.69) is 0 Å². The molecule has 25 heavy (non-hydrogen) atoms. The molecule has 5 heteroatoms. The maximum absolute atomic E-state index is 12.7. The van der Waals surface area contributed by atoms with E-state index in [0.29, 0.717) is 24.5 Å². The summed E-state index contributed by atoms with van der Waals surface area (Å²) in [6.45, 7) is 2.44. The molecule has 2 rings (SSSR count). The Morgan fingerprint density at radius 3 is 2.20 bits per heavy atom. The summed E-state index contributed by atoms with van der Waals surface area (Å²) in [6.07, 6.45) is 0.0173. The third-order valence-corrected chi connectivity index (χ3v) is 3.94. The van der Waals surface area contributed by atoms with E-state index in [4.69, 9.17) is 14.2 Å². The van der Waals surface area contributed by atoms with Crippen molar-refractivity contribution in [2.45, 2.75) is 26.0 Å². The number of ether oxygens (including phenoxy) is 3. The number of rotatable bonds is 8. The van der Waals surface area contributed by atoms with E-state index in [0.717, 1.165) is 11.3 Å². The molecule has 5 nitrogen and oxygen atoms in total. The second-order valence-corrected chi connectivity index (χ2v) is 5.71. The van der Waals surface area contributed by atoms with Gasteiger partial charge in [-0.05, 0) is 36.2 Å². The van der Waals surface area contributed by atoms with Crippen LogP contribution in [0.4, 0.5) is 0 Å². The van der Waals surface area contributed by atoms with Gasteiger partial charge in [0.2, 0.25) is 0 Å². The number of methoxy groups -OCH3 is 2. The Morgan fingerprint density at radius 1 is 1.00 bits per heavy atom. The first-order valence-electron chi connectivity index (χ1n) is 8.26. The van der Waals surface area contributed by atoms with E-state index in [1.165, 1.54) is 0 Å². The van der Waals surface area contributed by atoms with Gasteiger partial charge in [0, 0.05) is 13.6 Å². The normalized spacial score (nSPS) is 11.5. The summed E-state index contributed by atoms with van der Waals surface area (Å²) in [5.41, 5.74) is 1.03. The van der Waals surface area contributed by atoms with Gasteiger partial charge in [-0.25, -0.2) is 0 Å². The summed E-state index contributed by atoms with van der Waals surface area (Å²) in [5, 5.41) is 0. The second-order valence-electron chi connectivity index (χ2n) is 5.71. The van der Waals surface area contributed by atoms with Crippen LogP contribution in [-0.2, 0) is 11.3 Å². The van der Waals surface area contributed by atoms with Crippen molar-refractivity contribution >= 4 is 5.91 Å². The van der Waals surface area contributed by atoms with Gasteiger partial charge >= 0.3 is 0 Å². The van der Waals surface area contributed by atoms with Crippen molar-refractivity contribution in [1.29, 1.82) is 0 Å². The highest BCUT2D eigenvalue weighted by atomic mass is 16.5. The Balaban J connectivity index is 2.04. The van der Waals surface area contributed by atoms with Gasteiger partial charge in [0.15, 0.2) is 17.6 Å². The maximum atomic E-state index is 12.7. The molecule has 2 aromatic carbocycles. The van der Waals surface area contributed by atoms with Crippen molar-refractivity contribution in [1.82, 2.24) is 4.90 Å². The fourth-order valence-electron chi connectivity index (χ4n) is 2.51. The van der Waals surface area contributed by atoms with Crippen molar-refractivity contribution in [2.75, 3.05) is 21.3 Å². The predicted molar refractivity (Wildman–Crippen MR) is 97.2 cm³/mol. The Morgan fingerprint density at radius 2 is 1.64 bits per heavy atom. The molecule has 0 saturated heterocycles. The summed E-state index contributed by atoms with van der Waals surface area (Å²) in [5.74, 6) is 1.92. The first kappa shape index (κ1) is 18.6. The first-order chi connectivity index (χ1) is 12.1. The number of carbonyl (C=O) groups is 1. The zero-order chi connectivity index (χ0) is 18.2. The van der Waals surface area contributed by atoms with Gasteiger partial charge in [-0.3, -0.25) is 4.79 Å². The Kier molecular flexibility index (Phi) is 6.69. The first-order valence-corrected chi connectivity index (χ1v) is 8.26. The van der Waals surface area contributed by atoms with Crippen molar-refractivity contribution in [2.24, 2.45) is 0 Å². The predicted octanol–water partition coefficient (Wildman–Crippen LogP) is 3.52. The minimum Gasteiger partial charge on any atom is -0.497 e. The number of benzene rings is 2. The maximum Gasteiger partial charge on any atom is 0.263 e. The number of nitrogens with zero attached hydrogens (tertiary/aromatic N) is 1. The van der Waals surface area contributed by atoms with Crippen molar-refractivity contribution < 1.29 is 19.0 Å². The van der Waals surface area contributed by atoms with Crippen LogP contribution in [-0.4, -0.2) is 38.2 Å². The molecule has 0 spiro atoms. The molecule has 0 aromatic heterocycles. The highest BCUT2D eigenvalue weighted by molar-refractivity contribution is 5.81. The van der Waals surface area contributed by atoms with Crippen LogP contribution < -0.4 is 14.2 Å². The van der Waals surface area contributed by atoms with Gasteiger partial charge in [0.05, 0.1) is 14.2 Å². The third kappa shape index (κ3) is 4.89. The van der Waals surface area contributed by atoms with Gasteiger partial charge in [-0.2, -0.15) is 0 Å². The van der Waals surface area contributed by atoms with Gasteiger partial charge in [0.1, 0.15) is 5.75 Å². The lowest BCUT2D eigenvalue weighted by molar-refractivity contribution is -0.138. The smallest absolute Gasteiger partial charge is 0.263 e. The number of hydrogen-bond acceptors (Lipinski definition) is 4. The Labute approximate surface area is 149 Å². The minimum atomic E-state index is -0.556. The largest absolute Gasteiger partial charge is 0.497 e. The fourth-order valence-corrected chi connectivity index (χ4v) is 2.51. The van der Waals surface area contributed by atoms with Crippen LogP contribution >= 0.6 is 0 Å². The lowest BCUT2D eigenvalue weighted by Crippen LogP contribution is -2.39. The van der Waals surface area contributed by atoms with E-state index < -0.39 is 6.10 Å². The van der Waals surface area contributed by atoms with Gasteiger partial charge < -0.3 is 19.1 Å². The van der Waals surface area contributed by atoms with Gasteiger partial charge in [-0.15, -0.1) is 0 Å². The fraction of sp³-hybridized carbons (Fsp3) is 0.350.